The smallest absolute Gasteiger partial charge is 0.264 e. The highest BCUT2D eigenvalue weighted by Crippen LogP contribution is 2.26. The Morgan fingerprint density at radius 1 is 1.42 bits per heavy atom. The first-order valence-electron chi connectivity index (χ1n) is 6.25. The summed E-state index contributed by atoms with van der Waals surface area (Å²) in [6.07, 6.45) is 0. The number of nitrogens with one attached hydrogen (secondary N) is 1. The van der Waals surface area contributed by atoms with Crippen molar-refractivity contribution in [1.29, 1.82) is 0 Å². The summed E-state index contributed by atoms with van der Waals surface area (Å²) in [5, 5.41) is 4.52. The predicted octanol–water partition coefficient (Wildman–Crippen LogP) is 2.76. The summed E-state index contributed by atoms with van der Waals surface area (Å²) >= 11 is 1.59. The van der Waals surface area contributed by atoms with Crippen molar-refractivity contribution >= 4 is 39.7 Å². The zero-order valence-corrected chi connectivity index (χ0v) is 12.4. The van der Waals surface area contributed by atoms with Gasteiger partial charge >= 0.3 is 0 Å². The topological polar surface area (TPSA) is 32.3 Å². The van der Waals surface area contributed by atoms with Gasteiger partial charge in [0.15, 0.2) is 0 Å². The molecule has 102 valence electrons. The minimum Gasteiger partial charge on any atom is -0.335 e. The molecule has 0 aliphatic carbocycles. The van der Waals surface area contributed by atoms with Crippen molar-refractivity contribution < 1.29 is 4.79 Å². The number of carbonyl (C=O) groups excluding carboxylic acids is 1. The standard InChI is InChI=1S/C14H16N2OS.ClH/c1-10-9-16(7-6-15-10)14(17)13-8-11-4-2-3-5-12(11)18-13;/h2-5,8,10,15H,6-7,9H2,1H3;1H/t10-;/m1./s1. The number of hydrogen-bond donors (Lipinski definition) is 1. The zero-order chi connectivity index (χ0) is 12.5. The Kier molecular flexibility index (Phi) is 4.45. The lowest BCUT2D eigenvalue weighted by Crippen LogP contribution is -2.51. The van der Waals surface area contributed by atoms with Gasteiger partial charge in [-0.15, -0.1) is 23.7 Å². The van der Waals surface area contributed by atoms with Gasteiger partial charge in [-0.05, 0) is 24.4 Å². The molecular weight excluding hydrogens is 280 g/mol. The molecule has 1 N–H and O–H groups in total. The molecule has 0 bridgehead atoms. The first-order chi connectivity index (χ1) is 8.74. The minimum atomic E-state index is 0. The van der Waals surface area contributed by atoms with Gasteiger partial charge < -0.3 is 10.2 Å². The number of piperazine rings is 1. The van der Waals surface area contributed by atoms with Gasteiger partial charge in [0.1, 0.15) is 0 Å². The van der Waals surface area contributed by atoms with E-state index in [1.807, 2.05) is 23.1 Å². The van der Waals surface area contributed by atoms with Gasteiger partial charge in [-0.2, -0.15) is 0 Å². The lowest BCUT2D eigenvalue weighted by Gasteiger charge is -2.31. The van der Waals surface area contributed by atoms with Crippen LogP contribution in [0.2, 0.25) is 0 Å². The number of carbonyl (C=O) groups is 1. The fraction of sp³-hybridized carbons (Fsp3) is 0.357. The highest BCUT2D eigenvalue weighted by Gasteiger charge is 2.22. The van der Waals surface area contributed by atoms with E-state index in [4.69, 9.17) is 0 Å². The molecule has 2 heterocycles. The Morgan fingerprint density at radius 2 is 2.21 bits per heavy atom. The van der Waals surface area contributed by atoms with Crippen LogP contribution >= 0.6 is 23.7 Å². The molecule has 0 radical (unpaired) electrons. The molecule has 1 aromatic carbocycles. The maximum absolute atomic E-state index is 12.4. The molecule has 3 rings (SSSR count). The lowest BCUT2D eigenvalue weighted by atomic mass is 10.2. The Labute approximate surface area is 123 Å². The van der Waals surface area contributed by atoms with Crippen LogP contribution in [0.4, 0.5) is 0 Å². The molecule has 5 heteroatoms. The van der Waals surface area contributed by atoms with E-state index in [2.05, 4.69) is 24.4 Å². The molecule has 0 saturated carbocycles. The van der Waals surface area contributed by atoms with E-state index in [0.717, 1.165) is 29.9 Å². The minimum absolute atomic E-state index is 0. The molecule has 0 spiro atoms. The second kappa shape index (κ2) is 5.90. The van der Waals surface area contributed by atoms with Crippen molar-refractivity contribution in [2.24, 2.45) is 0 Å². The van der Waals surface area contributed by atoms with E-state index in [1.54, 1.807) is 11.3 Å². The third-order valence-electron chi connectivity index (χ3n) is 3.29. The number of benzene rings is 1. The number of fused-ring (bicyclic) bond motifs is 1. The SMILES string of the molecule is C[C@@H]1CN(C(=O)c2cc3ccccc3s2)CCN1.Cl. The van der Waals surface area contributed by atoms with Gasteiger partial charge in [-0.3, -0.25) is 4.79 Å². The van der Waals surface area contributed by atoms with Crippen LogP contribution in [0.15, 0.2) is 30.3 Å². The van der Waals surface area contributed by atoms with Gasteiger partial charge in [-0.25, -0.2) is 0 Å². The van der Waals surface area contributed by atoms with E-state index >= 15 is 0 Å². The Bertz CT molecular complexity index is 551. The highest BCUT2D eigenvalue weighted by atomic mass is 35.5. The maximum atomic E-state index is 12.4. The Morgan fingerprint density at radius 3 is 2.95 bits per heavy atom. The summed E-state index contributed by atoms with van der Waals surface area (Å²) in [5.41, 5.74) is 0. The molecule has 1 aliphatic rings. The zero-order valence-electron chi connectivity index (χ0n) is 10.8. The van der Waals surface area contributed by atoms with Crippen molar-refractivity contribution in [2.45, 2.75) is 13.0 Å². The van der Waals surface area contributed by atoms with Crippen LogP contribution in [-0.2, 0) is 0 Å². The van der Waals surface area contributed by atoms with E-state index in [9.17, 15) is 4.79 Å². The molecule has 1 aromatic heterocycles. The van der Waals surface area contributed by atoms with Crippen LogP contribution < -0.4 is 5.32 Å². The number of amides is 1. The van der Waals surface area contributed by atoms with Crippen molar-refractivity contribution in [3.63, 3.8) is 0 Å². The molecule has 1 amide bonds. The first-order valence-corrected chi connectivity index (χ1v) is 7.07. The fourth-order valence-electron chi connectivity index (χ4n) is 2.36. The first kappa shape index (κ1) is 14.3. The van der Waals surface area contributed by atoms with Crippen molar-refractivity contribution in [3.05, 3.63) is 35.2 Å². The fourth-order valence-corrected chi connectivity index (χ4v) is 3.39. The summed E-state index contributed by atoms with van der Waals surface area (Å²) in [7, 11) is 0. The van der Waals surface area contributed by atoms with Crippen LogP contribution in [0.25, 0.3) is 10.1 Å². The van der Waals surface area contributed by atoms with E-state index < -0.39 is 0 Å². The average Bonchev–Trinajstić information content (AvgIpc) is 2.81. The van der Waals surface area contributed by atoms with Crippen LogP contribution in [0.1, 0.15) is 16.6 Å². The van der Waals surface area contributed by atoms with Gasteiger partial charge in [0.25, 0.3) is 5.91 Å². The number of halogens is 1. The molecule has 1 saturated heterocycles. The van der Waals surface area contributed by atoms with Crippen molar-refractivity contribution in [3.8, 4) is 0 Å². The molecular formula is C14H17ClN2OS. The monoisotopic (exact) mass is 296 g/mol. The molecule has 3 nitrogen and oxygen atoms in total. The van der Waals surface area contributed by atoms with Crippen molar-refractivity contribution in [1.82, 2.24) is 10.2 Å². The van der Waals surface area contributed by atoms with Crippen LogP contribution in [0.3, 0.4) is 0 Å². The molecule has 0 unspecified atom stereocenters. The van der Waals surface area contributed by atoms with Crippen LogP contribution in [0, 0.1) is 0 Å². The predicted molar refractivity (Wildman–Crippen MR) is 82.4 cm³/mol. The number of rotatable bonds is 1. The van der Waals surface area contributed by atoms with E-state index in [1.165, 1.54) is 4.70 Å². The molecule has 19 heavy (non-hydrogen) atoms. The number of nitrogens with zero attached hydrogens (tertiary/aromatic N) is 1. The Hall–Kier alpha value is -1.10. The van der Waals surface area contributed by atoms with Crippen molar-refractivity contribution in [2.75, 3.05) is 19.6 Å². The summed E-state index contributed by atoms with van der Waals surface area (Å²) < 4.78 is 1.18. The largest absolute Gasteiger partial charge is 0.335 e. The average molecular weight is 297 g/mol. The third kappa shape index (κ3) is 2.91. The van der Waals surface area contributed by atoms with Gasteiger partial charge in [0, 0.05) is 30.4 Å². The summed E-state index contributed by atoms with van der Waals surface area (Å²) in [6, 6.07) is 10.5. The summed E-state index contributed by atoms with van der Waals surface area (Å²) in [5.74, 6) is 0.171. The van der Waals surface area contributed by atoms with Gasteiger partial charge in [-0.1, -0.05) is 18.2 Å². The molecule has 1 atom stereocenters. The Balaban J connectivity index is 0.00000133. The highest BCUT2D eigenvalue weighted by molar-refractivity contribution is 7.20. The summed E-state index contributed by atoms with van der Waals surface area (Å²) in [4.78, 5) is 15.2. The molecule has 1 aliphatic heterocycles. The maximum Gasteiger partial charge on any atom is 0.264 e. The van der Waals surface area contributed by atoms with Gasteiger partial charge in [0.2, 0.25) is 0 Å². The lowest BCUT2D eigenvalue weighted by molar-refractivity contribution is 0.0714. The number of hydrogen-bond acceptors (Lipinski definition) is 3. The molecule has 1 fully saturated rings. The number of thiophene rings is 1. The summed E-state index contributed by atoms with van der Waals surface area (Å²) in [6.45, 7) is 4.60. The second-order valence-electron chi connectivity index (χ2n) is 4.75. The van der Waals surface area contributed by atoms with Crippen LogP contribution in [-0.4, -0.2) is 36.5 Å². The second-order valence-corrected chi connectivity index (χ2v) is 5.84. The normalized spacial score (nSPS) is 19.2. The van der Waals surface area contributed by atoms with Crippen LogP contribution in [0.5, 0.6) is 0 Å². The van der Waals surface area contributed by atoms with Gasteiger partial charge in [0.05, 0.1) is 4.88 Å². The van der Waals surface area contributed by atoms with E-state index in [0.29, 0.717) is 6.04 Å². The quantitative estimate of drug-likeness (QED) is 0.877. The third-order valence-corrected chi connectivity index (χ3v) is 4.40. The molecule has 2 aromatic rings. The van der Waals surface area contributed by atoms with E-state index in [-0.39, 0.29) is 18.3 Å².